The second-order valence-electron chi connectivity index (χ2n) is 7.43. The SMILES string of the molecule is CC1=CC(=CC=C2C=C(C)N(C)C(C)=C2)C=C(C(C)(C)C)C1=O. The Morgan fingerprint density at radius 2 is 1.35 bits per heavy atom. The highest BCUT2D eigenvalue weighted by atomic mass is 16.1. The number of Topliss-reactive ketones (excluding diaryl/α,β-unsaturated/α-hetero) is 1. The first-order chi connectivity index (χ1) is 10.6. The maximum absolute atomic E-state index is 12.3. The van der Waals surface area contributed by atoms with E-state index in [-0.39, 0.29) is 11.2 Å². The number of carbonyl (C=O) groups excluding carboxylic acids is 1. The summed E-state index contributed by atoms with van der Waals surface area (Å²) in [6.07, 6.45) is 12.5. The van der Waals surface area contributed by atoms with Gasteiger partial charge in [-0.15, -0.1) is 0 Å². The molecule has 2 nitrogen and oxygen atoms in total. The van der Waals surface area contributed by atoms with Crippen molar-refractivity contribution in [2.24, 2.45) is 5.41 Å². The van der Waals surface area contributed by atoms with Gasteiger partial charge in [-0.1, -0.05) is 32.9 Å². The van der Waals surface area contributed by atoms with Gasteiger partial charge in [0.1, 0.15) is 0 Å². The average Bonchev–Trinajstić information content (AvgIpc) is 2.44. The molecule has 1 heterocycles. The van der Waals surface area contributed by atoms with E-state index in [1.165, 1.54) is 17.0 Å². The summed E-state index contributed by atoms with van der Waals surface area (Å²) in [7, 11) is 2.07. The van der Waals surface area contributed by atoms with Crippen molar-refractivity contribution >= 4 is 5.78 Å². The van der Waals surface area contributed by atoms with Gasteiger partial charge < -0.3 is 4.90 Å². The van der Waals surface area contributed by atoms with Crippen LogP contribution >= 0.6 is 0 Å². The Morgan fingerprint density at radius 1 is 0.870 bits per heavy atom. The highest BCUT2D eigenvalue weighted by Gasteiger charge is 2.26. The van der Waals surface area contributed by atoms with E-state index >= 15 is 0 Å². The van der Waals surface area contributed by atoms with Gasteiger partial charge in [-0.2, -0.15) is 0 Å². The molecule has 0 bridgehead atoms. The van der Waals surface area contributed by atoms with E-state index in [0.29, 0.717) is 0 Å². The lowest BCUT2D eigenvalue weighted by molar-refractivity contribution is -0.113. The monoisotopic (exact) mass is 309 g/mol. The molecule has 1 aliphatic carbocycles. The van der Waals surface area contributed by atoms with Gasteiger partial charge in [0.2, 0.25) is 0 Å². The van der Waals surface area contributed by atoms with Crippen molar-refractivity contribution in [3.63, 3.8) is 0 Å². The Bertz CT molecular complexity index is 693. The number of nitrogens with zero attached hydrogens (tertiary/aromatic N) is 1. The second kappa shape index (κ2) is 6.19. The fourth-order valence-electron chi connectivity index (χ4n) is 2.74. The van der Waals surface area contributed by atoms with Gasteiger partial charge in [-0.05, 0) is 67.2 Å². The van der Waals surface area contributed by atoms with Crippen LogP contribution in [0.4, 0.5) is 0 Å². The van der Waals surface area contributed by atoms with E-state index in [0.717, 1.165) is 16.7 Å². The molecule has 0 spiro atoms. The van der Waals surface area contributed by atoms with E-state index in [1.807, 2.05) is 19.1 Å². The number of hydrogen-bond donors (Lipinski definition) is 0. The average molecular weight is 309 g/mol. The van der Waals surface area contributed by atoms with Crippen LogP contribution in [0.15, 0.2) is 70.1 Å². The summed E-state index contributed by atoms with van der Waals surface area (Å²) in [4.78, 5) is 14.5. The summed E-state index contributed by atoms with van der Waals surface area (Å²) >= 11 is 0. The van der Waals surface area contributed by atoms with E-state index in [2.05, 4.69) is 70.9 Å². The van der Waals surface area contributed by atoms with Gasteiger partial charge >= 0.3 is 0 Å². The summed E-state index contributed by atoms with van der Waals surface area (Å²) in [5.74, 6) is 0.160. The second-order valence-corrected chi connectivity index (χ2v) is 7.43. The lowest BCUT2D eigenvalue weighted by atomic mass is 9.78. The molecule has 0 aromatic carbocycles. The quantitative estimate of drug-likeness (QED) is 0.672. The molecule has 0 radical (unpaired) electrons. The van der Waals surface area contributed by atoms with Crippen molar-refractivity contribution in [2.45, 2.75) is 41.5 Å². The molecule has 0 unspecified atom stereocenters. The zero-order valence-electron chi connectivity index (χ0n) is 15.3. The van der Waals surface area contributed by atoms with Gasteiger partial charge in [0.25, 0.3) is 0 Å². The predicted molar refractivity (Wildman–Crippen MR) is 97.7 cm³/mol. The first-order valence-corrected chi connectivity index (χ1v) is 8.07. The molecule has 122 valence electrons. The molecule has 2 rings (SSSR count). The highest BCUT2D eigenvalue weighted by Crippen LogP contribution is 2.32. The minimum Gasteiger partial charge on any atom is -0.352 e. The minimum atomic E-state index is -0.140. The first-order valence-electron chi connectivity index (χ1n) is 8.07. The molecule has 23 heavy (non-hydrogen) atoms. The van der Waals surface area contributed by atoms with Crippen molar-refractivity contribution in [3.8, 4) is 0 Å². The number of hydrogen-bond acceptors (Lipinski definition) is 2. The highest BCUT2D eigenvalue weighted by molar-refractivity contribution is 6.10. The normalized spacial score (nSPS) is 21.0. The standard InChI is InChI=1S/C21H27NO/c1-14-10-17(13-19(20(14)23)21(4,5)6)8-9-18-11-15(2)22(7)16(3)12-18/h8-13H,1-7H3. The van der Waals surface area contributed by atoms with Crippen molar-refractivity contribution in [3.05, 3.63) is 70.1 Å². The van der Waals surface area contributed by atoms with Crippen molar-refractivity contribution in [2.75, 3.05) is 7.05 Å². The largest absolute Gasteiger partial charge is 0.352 e. The third-order valence-electron chi connectivity index (χ3n) is 4.38. The zero-order chi connectivity index (χ0) is 17.4. The molecule has 0 fully saturated rings. The third kappa shape index (κ3) is 3.82. The Labute approximate surface area is 140 Å². The summed E-state index contributed by atoms with van der Waals surface area (Å²) in [6.45, 7) is 12.4. The molecule has 0 aromatic rings. The summed E-state index contributed by atoms with van der Waals surface area (Å²) in [5.41, 5.74) is 6.26. The Kier molecular flexibility index (Phi) is 4.65. The molecule has 0 N–H and O–H groups in total. The van der Waals surface area contributed by atoms with Crippen LogP contribution in [0.3, 0.4) is 0 Å². The lowest BCUT2D eigenvalue weighted by Gasteiger charge is -2.25. The van der Waals surface area contributed by atoms with Crippen LogP contribution in [0.5, 0.6) is 0 Å². The molecule has 0 aromatic heterocycles. The van der Waals surface area contributed by atoms with Crippen LogP contribution in [0.2, 0.25) is 0 Å². The van der Waals surface area contributed by atoms with Crippen LogP contribution in [0.1, 0.15) is 41.5 Å². The van der Waals surface area contributed by atoms with Crippen molar-refractivity contribution in [1.82, 2.24) is 4.90 Å². The number of rotatable bonds is 1. The maximum Gasteiger partial charge on any atom is 0.185 e. The molecule has 0 saturated carbocycles. The Hall–Kier alpha value is -2.09. The fourth-order valence-corrected chi connectivity index (χ4v) is 2.74. The van der Waals surface area contributed by atoms with E-state index in [1.54, 1.807) is 0 Å². The molecule has 0 amide bonds. The van der Waals surface area contributed by atoms with Gasteiger partial charge in [-0.25, -0.2) is 0 Å². The molecule has 2 heteroatoms. The first kappa shape index (κ1) is 17.3. The van der Waals surface area contributed by atoms with Crippen LogP contribution < -0.4 is 0 Å². The summed E-state index contributed by atoms with van der Waals surface area (Å²) in [6, 6.07) is 0. The molecule has 2 aliphatic rings. The molecule has 0 saturated heterocycles. The minimum absolute atomic E-state index is 0.140. The topological polar surface area (TPSA) is 20.3 Å². The Morgan fingerprint density at radius 3 is 1.83 bits per heavy atom. The van der Waals surface area contributed by atoms with Gasteiger partial charge in [0.15, 0.2) is 5.78 Å². The molecule has 1 aliphatic heterocycles. The van der Waals surface area contributed by atoms with Crippen LogP contribution in [0.25, 0.3) is 0 Å². The van der Waals surface area contributed by atoms with Crippen LogP contribution in [-0.4, -0.2) is 17.7 Å². The van der Waals surface area contributed by atoms with E-state index in [9.17, 15) is 4.79 Å². The Balaban J connectivity index is 2.38. The fraction of sp³-hybridized carbons (Fsp3) is 0.381. The van der Waals surface area contributed by atoms with Gasteiger partial charge in [0, 0.05) is 24.0 Å². The van der Waals surface area contributed by atoms with Gasteiger partial charge in [-0.3, -0.25) is 4.79 Å². The maximum atomic E-state index is 12.3. The summed E-state index contributed by atoms with van der Waals surface area (Å²) in [5, 5.41) is 0. The van der Waals surface area contributed by atoms with Crippen LogP contribution in [0, 0.1) is 5.41 Å². The molecular weight excluding hydrogens is 282 g/mol. The third-order valence-corrected chi connectivity index (χ3v) is 4.38. The smallest absolute Gasteiger partial charge is 0.185 e. The predicted octanol–water partition coefficient (Wildman–Crippen LogP) is 5.09. The molecule has 0 atom stereocenters. The summed E-state index contributed by atoms with van der Waals surface area (Å²) < 4.78 is 0. The van der Waals surface area contributed by atoms with Crippen molar-refractivity contribution < 1.29 is 4.79 Å². The van der Waals surface area contributed by atoms with E-state index < -0.39 is 0 Å². The number of allylic oxidation sites excluding steroid dienone is 12. The lowest BCUT2D eigenvalue weighted by Crippen LogP contribution is -2.21. The zero-order valence-corrected chi connectivity index (χ0v) is 15.3. The van der Waals surface area contributed by atoms with Crippen molar-refractivity contribution in [1.29, 1.82) is 0 Å². The van der Waals surface area contributed by atoms with E-state index in [4.69, 9.17) is 0 Å². The molecular formula is C21H27NO. The number of ketones is 1. The van der Waals surface area contributed by atoms with Crippen LogP contribution in [-0.2, 0) is 4.79 Å². The number of carbonyl (C=O) groups is 1. The van der Waals surface area contributed by atoms with Gasteiger partial charge in [0.05, 0.1) is 0 Å².